The Kier molecular flexibility index (Phi) is 1.92. The highest BCUT2D eigenvalue weighted by Crippen LogP contribution is 2.36. The van der Waals surface area contributed by atoms with Gasteiger partial charge in [0.25, 0.3) is 0 Å². The van der Waals surface area contributed by atoms with Gasteiger partial charge >= 0.3 is 0 Å². The molecule has 0 radical (unpaired) electrons. The lowest BCUT2D eigenvalue weighted by molar-refractivity contribution is 0.512. The highest BCUT2D eigenvalue weighted by atomic mass is 14.7. The van der Waals surface area contributed by atoms with Crippen molar-refractivity contribution in [2.24, 2.45) is 11.7 Å². The van der Waals surface area contributed by atoms with E-state index in [1.54, 1.807) is 0 Å². The normalized spacial score (nSPS) is 26.2. The number of rotatable bonds is 0. The zero-order valence-electron chi connectivity index (χ0n) is 8.59. The van der Waals surface area contributed by atoms with Gasteiger partial charge < -0.3 is 5.73 Å². The van der Waals surface area contributed by atoms with Crippen LogP contribution in [0.5, 0.6) is 0 Å². The predicted octanol–water partition coefficient (Wildman–Crippen LogP) is 2.50. The molecule has 0 saturated carbocycles. The van der Waals surface area contributed by atoms with Gasteiger partial charge in [-0.25, -0.2) is 0 Å². The summed E-state index contributed by atoms with van der Waals surface area (Å²) >= 11 is 0. The molecule has 0 spiro atoms. The molecule has 1 aromatic carbocycles. The minimum Gasteiger partial charge on any atom is -0.324 e. The van der Waals surface area contributed by atoms with E-state index in [2.05, 4.69) is 32.9 Å². The van der Waals surface area contributed by atoms with Gasteiger partial charge in [0.15, 0.2) is 0 Å². The fourth-order valence-electron chi connectivity index (χ4n) is 2.47. The van der Waals surface area contributed by atoms with E-state index in [0.29, 0.717) is 5.92 Å². The molecule has 2 N–H and O–H groups in total. The molecule has 13 heavy (non-hydrogen) atoms. The molecule has 0 aliphatic heterocycles. The monoisotopic (exact) mass is 175 g/mol. The van der Waals surface area contributed by atoms with Crippen molar-refractivity contribution in [2.45, 2.75) is 33.2 Å². The molecule has 1 nitrogen and oxygen atoms in total. The third-order valence-electron chi connectivity index (χ3n) is 3.11. The van der Waals surface area contributed by atoms with Gasteiger partial charge in [-0.3, -0.25) is 0 Å². The number of benzene rings is 1. The number of hydrogen-bond acceptors (Lipinski definition) is 1. The van der Waals surface area contributed by atoms with Crippen LogP contribution in [0.3, 0.4) is 0 Å². The van der Waals surface area contributed by atoms with Crippen molar-refractivity contribution >= 4 is 0 Å². The number of fused-ring (bicyclic) bond motifs is 1. The van der Waals surface area contributed by atoms with Gasteiger partial charge in [-0.1, -0.05) is 24.6 Å². The Hall–Kier alpha value is -0.820. The number of aryl methyl sites for hydroxylation is 2. The largest absolute Gasteiger partial charge is 0.324 e. The molecule has 0 amide bonds. The van der Waals surface area contributed by atoms with Crippen molar-refractivity contribution < 1.29 is 0 Å². The summed E-state index contributed by atoms with van der Waals surface area (Å²) in [6, 6.07) is 4.78. The fourth-order valence-corrected chi connectivity index (χ4v) is 2.47. The minimum atomic E-state index is 0.260. The van der Waals surface area contributed by atoms with Crippen LogP contribution in [0, 0.1) is 19.8 Å². The first-order valence-corrected chi connectivity index (χ1v) is 4.95. The van der Waals surface area contributed by atoms with E-state index in [-0.39, 0.29) is 6.04 Å². The highest BCUT2D eigenvalue weighted by Gasteiger charge is 2.27. The number of hydrogen-bond donors (Lipinski definition) is 1. The maximum absolute atomic E-state index is 6.14. The average molecular weight is 175 g/mol. The molecule has 0 bridgehead atoms. The molecule has 1 heteroatoms. The van der Waals surface area contributed by atoms with E-state index in [9.17, 15) is 0 Å². The predicted molar refractivity (Wildman–Crippen MR) is 55.7 cm³/mol. The Morgan fingerprint density at radius 2 is 2.00 bits per heavy atom. The second-order valence-corrected chi connectivity index (χ2v) is 4.36. The van der Waals surface area contributed by atoms with Crippen LogP contribution in [0.1, 0.15) is 35.2 Å². The average Bonchev–Trinajstić information content (AvgIpc) is 2.27. The Morgan fingerprint density at radius 3 is 2.69 bits per heavy atom. The second kappa shape index (κ2) is 2.85. The number of nitrogens with two attached hydrogens (primary N) is 1. The summed E-state index contributed by atoms with van der Waals surface area (Å²) in [5.41, 5.74) is 11.7. The molecule has 1 aliphatic carbocycles. The fraction of sp³-hybridized carbons (Fsp3) is 0.500. The highest BCUT2D eigenvalue weighted by molar-refractivity contribution is 5.43. The zero-order valence-corrected chi connectivity index (χ0v) is 8.59. The maximum Gasteiger partial charge on any atom is 0.0329 e. The lowest BCUT2D eigenvalue weighted by atomic mass is 9.98. The van der Waals surface area contributed by atoms with Gasteiger partial charge in [0, 0.05) is 6.04 Å². The molecule has 1 aromatic rings. The van der Waals surface area contributed by atoms with E-state index in [4.69, 9.17) is 5.73 Å². The van der Waals surface area contributed by atoms with Gasteiger partial charge in [-0.15, -0.1) is 0 Å². The summed E-state index contributed by atoms with van der Waals surface area (Å²) in [5.74, 6) is 0.607. The molecule has 1 aliphatic rings. The van der Waals surface area contributed by atoms with E-state index in [0.717, 1.165) is 6.42 Å². The summed E-state index contributed by atoms with van der Waals surface area (Å²) in [6.45, 7) is 6.56. The van der Waals surface area contributed by atoms with Crippen LogP contribution in [0.15, 0.2) is 12.1 Å². The van der Waals surface area contributed by atoms with Crippen LogP contribution in [-0.4, -0.2) is 0 Å². The Labute approximate surface area is 80.0 Å². The van der Waals surface area contributed by atoms with Crippen molar-refractivity contribution in [1.82, 2.24) is 0 Å². The van der Waals surface area contributed by atoms with Crippen LogP contribution >= 0.6 is 0 Å². The summed E-state index contributed by atoms with van der Waals surface area (Å²) in [7, 11) is 0. The Morgan fingerprint density at radius 1 is 1.31 bits per heavy atom. The second-order valence-electron chi connectivity index (χ2n) is 4.36. The maximum atomic E-state index is 6.14. The minimum absolute atomic E-state index is 0.260. The van der Waals surface area contributed by atoms with E-state index < -0.39 is 0 Å². The molecule has 0 heterocycles. The molecule has 2 unspecified atom stereocenters. The van der Waals surface area contributed by atoms with E-state index in [1.807, 2.05) is 0 Å². The third-order valence-corrected chi connectivity index (χ3v) is 3.11. The first-order chi connectivity index (χ1) is 6.09. The van der Waals surface area contributed by atoms with Gasteiger partial charge in [0.05, 0.1) is 0 Å². The zero-order chi connectivity index (χ0) is 9.59. The van der Waals surface area contributed by atoms with Crippen molar-refractivity contribution in [3.63, 3.8) is 0 Å². The molecule has 0 saturated heterocycles. The van der Waals surface area contributed by atoms with Crippen LogP contribution in [0.2, 0.25) is 0 Å². The van der Waals surface area contributed by atoms with Gasteiger partial charge in [0.1, 0.15) is 0 Å². The summed E-state index contributed by atoms with van der Waals surface area (Å²) in [5, 5.41) is 0. The van der Waals surface area contributed by atoms with Gasteiger partial charge in [-0.05, 0) is 42.9 Å². The molecular formula is C12H17N. The van der Waals surface area contributed by atoms with Crippen molar-refractivity contribution in [1.29, 1.82) is 0 Å². The van der Waals surface area contributed by atoms with E-state index >= 15 is 0 Å². The summed E-state index contributed by atoms with van der Waals surface area (Å²) in [4.78, 5) is 0. The lowest BCUT2D eigenvalue weighted by Crippen LogP contribution is -2.14. The Balaban J connectivity index is 2.57. The van der Waals surface area contributed by atoms with Gasteiger partial charge in [0.2, 0.25) is 0 Å². The van der Waals surface area contributed by atoms with Crippen molar-refractivity contribution in [3.05, 3.63) is 34.4 Å². The molecule has 0 fully saturated rings. The first kappa shape index (κ1) is 8.76. The van der Waals surface area contributed by atoms with Crippen LogP contribution < -0.4 is 5.73 Å². The van der Waals surface area contributed by atoms with Crippen molar-refractivity contribution in [2.75, 3.05) is 0 Å². The van der Waals surface area contributed by atoms with Crippen LogP contribution in [-0.2, 0) is 6.42 Å². The smallest absolute Gasteiger partial charge is 0.0329 e. The first-order valence-electron chi connectivity index (χ1n) is 4.95. The van der Waals surface area contributed by atoms with Crippen LogP contribution in [0.4, 0.5) is 0 Å². The van der Waals surface area contributed by atoms with E-state index in [1.165, 1.54) is 22.3 Å². The molecule has 2 atom stereocenters. The van der Waals surface area contributed by atoms with Crippen LogP contribution in [0.25, 0.3) is 0 Å². The Bertz CT molecular complexity index is 341. The molecule has 70 valence electrons. The van der Waals surface area contributed by atoms with Gasteiger partial charge in [-0.2, -0.15) is 0 Å². The van der Waals surface area contributed by atoms with Crippen molar-refractivity contribution in [3.8, 4) is 0 Å². The quantitative estimate of drug-likeness (QED) is 0.644. The summed E-state index contributed by atoms with van der Waals surface area (Å²) < 4.78 is 0. The molecule has 2 rings (SSSR count). The SMILES string of the molecule is Cc1cc(C)c2c(c1)CC(C)C2N. The third kappa shape index (κ3) is 1.28. The molecular weight excluding hydrogens is 158 g/mol. The topological polar surface area (TPSA) is 26.0 Å². The standard InChI is InChI=1S/C12H17N/c1-7-4-8(2)11-10(5-7)6-9(3)12(11)13/h4-5,9,12H,6,13H2,1-3H3. The summed E-state index contributed by atoms with van der Waals surface area (Å²) in [6.07, 6.45) is 1.15. The lowest BCUT2D eigenvalue weighted by Gasteiger charge is -2.12. The molecule has 0 aromatic heterocycles.